The second-order valence-electron chi connectivity index (χ2n) is 4.80. The summed E-state index contributed by atoms with van der Waals surface area (Å²) in [7, 11) is 0. The second kappa shape index (κ2) is 6.65. The van der Waals surface area contributed by atoms with Crippen molar-refractivity contribution in [3.8, 4) is 5.75 Å². The van der Waals surface area contributed by atoms with Crippen LogP contribution in [0.2, 0.25) is 0 Å². The van der Waals surface area contributed by atoms with E-state index >= 15 is 0 Å². The first-order valence-electron chi connectivity index (χ1n) is 6.70. The average Bonchev–Trinajstić information content (AvgIpc) is 2.91. The minimum atomic E-state index is -0.803. The molecule has 1 aromatic carbocycles. The molecule has 110 valence electrons. The molecule has 1 aliphatic rings. The molecule has 2 N–H and O–H groups in total. The van der Waals surface area contributed by atoms with Gasteiger partial charge in [0.15, 0.2) is 24.0 Å². The van der Waals surface area contributed by atoms with E-state index in [0.717, 1.165) is 12.8 Å². The molecule has 1 heterocycles. The van der Waals surface area contributed by atoms with Gasteiger partial charge in [-0.25, -0.2) is 8.78 Å². The lowest BCUT2D eigenvalue weighted by atomic mass is 10.1. The van der Waals surface area contributed by atoms with E-state index < -0.39 is 17.4 Å². The number of hydrogen-bond donors (Lipinski definition) is 1. The monoisotopic (exact) mass is 284 g/mol. The van der Waals surface area contributed by atoms with Crippen LogP contribution in [0.15, 0.2) is 12.1 Å². The predicted molar refractivity (Wildman–Crippen MR) is 70.4 cm³/mol. The van der Waals surface area contributed by atoms with Crippen LogP contribution in [0.1, 0.15) is 18.4 Å². The van der Waals surface area contributed by atoms with Crippen molar-refractivity contribution in [1.29, 1.82) is 0 Å². The molecule has 0 atom stereocenters. The average molecular weight is 284 g/mol. The highest BCUT2D eigenvalue weighted by Crippen LogP contribution is 2.23. The molecule has 0 bridgehead atoms. The number of carbonyl (C=O) groups excluding carboxylic acids is 1. The summed E-state index contributed by atoms with van der Waals surface area (Å²) in [6.07, 6.45) is 2.31. The number of hydrogen-bond acceptors (Lipinski definition) is 3. The first-order valence-corrected chi connectivity index (χ1v) is 6.70. The van der Waals surface area contributed by atoms with Crippen LogP contribution in [-0.2, 0) is 11.2 Å². The lowest BCUT2D eigenvalue weighted by molar-refractivity contribution is -0.132. The minimum absolute atomic E-state index is 0.243. The minimum Gasteiger partial charge on any atom is -0.478 e. The van der Waals surface area contributed by atoms with Gasteiger partial charge >= 0.3 is 0 Å². The number of ether oxygens (including phenoxy) is 1. The van der Waals surface area contributed by atoms with Gasteiger partial charge in [0, 0.05) is 13.1 Å². The molecule has 0 aromatic heterocycles. The van der Waals surface area contributed by atoms with E-state index in [1.54, 1.807) is 4.90 Å². The Labute approximate surface area is 116 Å². The lowest BCUT2D eigenvalue weighted by Gasteiger charge is -2.16. The van der Waals surface area contributed by atoms with Gasteiger partial charge in [-0.2, -0.15) is 0 Å². The Morgan fingerprint density at radius 1 is 1.25 bits per heavy atom. The van der Waals surface area contributed by atoms with Gasteiger partial charge in [-0.3, -0.25) is 4.79 Å². The van der Waals surface area contributed by atoms with Crippen LogP contribution in [0.3, 0.4) is 0 Å². The van der Waals surface area contributed by atoms with Crippen molar-refractivity contribution >= 4 is 5.91 Å². The normalized spacial score (nSPS) is 14.7. The standard InChI is InChI=1S/C14H18F2N2O2/c15-11-7-10(3-4-17)8-12(16)14(11)20-9-13(19)18-5-1-2-6-18/h7-8H,1-6,9,17H2. The number of nitrogens with zero attached hydrogens (tertiary/aromatic N) is 1. The van der Waals surface area contributed by atoms with Crippen molar-refractivity contribution in [3.05, 3.63) is 29.3 Å². The maximum absolute atomic E-state index is 13.7. The molecule has 0 radical (unpaired) electrons. The van der Waals surface area contributed by atoms with Crippen molar-refractivity contribution in [2.24, 2.45) is 5.73 Å². The van der Waals surface area contributed by atoms with Gasteiger partial charge < -0.3 is 15.4 Å². The molecule has 0 aliphatic carbocycles. The summed E-state index contributed by atoms with van der Waals surface area (Å²) in [4.78, 5) is 13.4. The number of halogens is 2. The zero-order valence-corrected chi connectivity index (χ0v) is 11.2. The fourth-order valence-electron chi connectivity index (χ4n) is 2.25. The highest BCUT2D eigenvalue weighted by molar-refractivity contribution is 5.78. The first kappa shape index (κ1) is 14.7. The van der Waals surface area contributed by atoms with E-state index in [-0.39, 0.29) is 12.5 Å². The molecule has 6 heteroatoms. The quantitative estimate of drug-likeness (QED) is 0.890. The molecule has 0 spiro atoms. The molecule has 2 rings (SSSR count). The number of carbonyl (C=O) groups is 1. The molecule has 20 heavy (non-hydrogen) atoms. The zero-order valence-electron chi connectivity index (χ0n) is 11.2. The van der Waals surface area contributed by atoms with E-state index in [1.807, 2.05) is 0 Å². The van der Waals surface area contributed by atoms with Gasteiger partial charge in [-0.1, -0.05) is 0 Å². The van der Waals surface area contributed by atoms with E-state index in [4.69, 9.17) is 10.5 Å². The molecular weight excluding hydrogens is 266 g/mol. The third-order valence-electron chi connectivity index (χ3n) is 3.29. The van der Waals surface area contributed by atoms with Crippen molar-refractivity contribution in [1.82, 2.24) is 4.90 Å². The second-order valence-corrected chi connectivity index (χ2v) is 4.80. The Bertz CT molecular complexity index is 465. The molecule has 1 amide bonds. The summed E-state index contributed by atoms with van der Waals surface area (Å²) in [5.41, 5.74) is 5.81. The van der Waals surface area contributed by atoms with Gasteiger partial charge in [0.1, 0.15) is 0 Å². The largest absolute Gasteiger partial charge is 0.478 e. The zero-order chi connectivity index (χ0) is 14.5. The van der Waals surface area contributed by atoms with Gasteiger partial charge in [0.2, 0.25) is 0 Å². The Morgan fingerprint density at radius 3 is 2.40 bits per heavy atom. The number of rotatable bonds is 5. The van der Waals surface area contributed by atoms with E-state index in [0.29, 0.717) is 31.6 Å². The van der Waals surface area contributed by atoms with Crippen LogP contribution in [0.4, 0.5) is 8.78 Å². The van der Waals surface area contributed by atoms with E-state index in [2.05, 4.69) is 0 Å². The Morgan fingerprint density at radius 2 is 1.85 bits per heavy atom. The predicted octanol–water partition coefficient (Wildman–Crippen LogP) is 1.47. The third-order valence-corrected chi connectivity index (χ3v) is 3.29. The summed E-state index contributed by atoms with van der Waals surface area (Å²) in [5, 5.41) is 0. The number of likely N-dealkylation sites (tertiary alicyclic amines) is 1. The molecule has 1 aromatic rings. The van der Waals surface area contributed by atoms with Crippen molar-refractivity contribution in [3.63, 3.8) is 0 Å². The highest BCUT2D eigenvalue weighted by atomic mass is 19.1. The van der Waals surface area contributed by atoms with Crippen LogP contribution in [-0.4, -0.2) is 37.0 Å². The topological polar surface area (TPSA) is 55.6 Å². The fraction of sp³-hybridized carbons (Fsp3) is 0.500. The summed E-state index contributed by atoms with van der Waals surface area (Å²) in [5.74, 6) is -2.35. The maximum Gasteiger partial charge on any atom is 0.260 e. The van der Waals surface area contributed by atoms with Crippen LogP contribution in [0, 0.1) is 11.6 Å². The van der Waals surface area contributed by atoms with Crippen LogP contribution < -0.4 is 10.5 Å². The Hall–Kier alpha value is -1.69. The third kappa shape index (κ3) is 3.45. The van der Waals surface area contributed by atoms with Gasteiger partial charge in [-0.15, -0.1) is 0 Å². The number of benzene rings is 1. The fourth-order valence-corrected chi connectivity index (χ4v) is 2.25. The summed E-state index contributed by atoms with van der Waals surface area (Å²) < 4.78 is 32.5. The summed E-state index contributed by atoms with van der Waals surface area (Å²) in [6, 6.07) is 2.37. The number of amides is 1. The van der Waals surface area contributed by atoms with Gasteiger partial charge in [-0.05, 0) is 43.5 Å². The van der Waals surface area contributed by atoms with Crippen molar-refractivity contribution in [2.45, 2.75) is 19.3 Å². The first-order chi connectivity index (χ1) is 9.61. The molecule has 0 unspecified atom stereocenters. The SMILES string of the molecule is NCCc1cc(F)c(OCC(=O)N2CCCC2)c(F)c1. The number of nitrogens with two attached hydrogens (primary N) is 1. The van der Waals surface area contributed by atoms with Crippen LogP contribution in [0.25, 0.3) is 0 Å². The molecule has 1 saturated heterocycles. The lowest BCUT2D eigenvalue weighted by Crippen LogP contribution is -2.32. The molecule has 0 saturated carbocycles. The Balaban J connectivity index is 2.00. The smallest absolute Gasteiger partial charge is 0.260 e. The molecule has 1 aliphatic heterocycles. The summed E-state index contributed by atoms with van der Waals surface area (Å²) >= 11 is 0. The van der Waals surface area contributed by atoms with Crippen molar-refractivity contribution < 1.29 is 18.3 Å². The van der Waals surface area contributed by atoms with E-state index in [1.165, 1.54) is 12.1 Å². The maximum atomic E-state index is 13.7. The van der Waals surface area contributed by atoms with Crippen molar-refractivity contribution in [2.75, 3.05) is 26.2 Å². The van der Waals surface area contributed by atoms with Crippen LogP contribution >= 0.6 is 0 Å². The Kier molecular flexibility index (Phi) is 4.89. The summed E-state index contributed by atoms with van der Waals surface area (Å²) in [6.45, 7) is 1.34. The van der Waals surface area contributed by atoms with Gasteiger partial charge in [0.05, 0.1) is 0 Å². The molecular formula is C14H18F2N2O2. The van der Waals surface area contributed by atoms with E-state index in [9.17, 15) is 13.6 Å². The highest BCUT2D eigenvalue weighted by Gasteiger charge is 2.20. The molecule has 4 nitrogen and oxygen atoms in total. The van der Waals surface area contributed by atoms with Crippen LogP contribution in [0.5, 0.6) is 5.75 Å². The molecule has 1 fully saturated rings. The van der Waals surface area contributed by atoms with Gasteiger partial charge in [0.25, 0.3) is 5.91 Å².